The van der Waals surface area contributed by atoms with E-state index < -0.39 is 12.7 Å². The van der Waals surface area contributed by atoms with Crippen molar-refractivity contribution in [2.45, 2.75) is 51.4 Å². The van der Waals surface area contributed by atoms with Gasteiger partial charge in [-0.1, -0.05) is 25.0 Å². The van der Waals surface area contributed by atoms with Crippen LogP contribution >= 0.6 is 0 Å². The first kappa shape index (κ1) is 22.4. The van der Waals surface area contributed by atoms with E-state index >= 15 is 0 Å². The van der Waals surface area contributed by atoms with Crippen molar-refractivity contribution < 1.29 is 18.6 Å². The number of nitrogens with one attached hydrogen (secondary N) is 2. The monoisotopic (exact) mass is 398 g/mol. The van der Waals surface area contributed by atoms with E-state index in [2.05, 4.69) is 32.3 Å². The number of hydrogen-bond donors (Lipinski definition) is 3. The normalized spacial score (nSPS) is 16.6. The minimum Gasteiger partial charge on any atom is -0.435 e. The molecule has 0 aliphatic heterocycles. The summed E-state index contributed by atoms with van der Waals surface area (Å²) in [4.78, 5) is 6.82. The third-order valence-corrected chi connectivity index (χ3v) is 4.96. The van der Waals surface area contributed by atoms with E-state index in [-0.39, 0.29) is 12.3 Å². The average Bonchev–Trinajstić information content (AvgIpc) is 3.21. The van der Waals surface area contributed by atoms with Crippen molar-refractivity contribution in [3.8, 4) is 5.75 Å². The molecule has 0 bridgehead atoms. The number of ether oxygens (including phenoxy) is 1. The lowest BCUT2D eigenvalue weighted by molar-refractivity contribution is -0.0498. The van der Waals surface area contributed by atoms with Gasteiger partial charge < -0.3 is 25.4 Å². The van der Waals surface area contributed by atoms with Crippen LogP contribution in [0.5, 0.6) is 5.75 Å². The van der Waals surface area contributed by atoms with E-state index in [0.29, 0.717) is 17.6 Å². The number of aliphatic hydroxyl groups excluding tert-OH is 1. The Morgan fingerprint density at radius 2 is 1.93 bits per heavy atom. The van der Waals surface area contributed by atoms with Gasteiger partial charge >= 0.3 is 6.61 Å². The molecular formula is C20H32F2N4O2. The SMILES string of the molecule is CCNC(=NCC(O)c1ccc(OC(F)F)cc1)NCCN(C)C1CCCC1. The molecule has 8 heteroatoms. The molecule has 28 heavy (non-hydrogen) atoms. The zero-order valence-electron chi connectivity index (χ0n) is 16.7. The number of guanidine groups is 1. The van der Waals surface area contributed by atoms with E-state index in [1.807, 2.05) is 6.92 Å². The van der Waals surface area contributed by atoms with Gasteiger partial charge in [-0.3, -0.25) is 4.99 Å². The van der Waals surface area contributed by atoms with Crippen molar-refractivity contribution >= 4 is 5.96 Å². The summed E-state index contributed by atoms with van der Waals surface area (Å²) in [6.45, 7) is 1.72. The zero-order valence-corrected chi connectivity index (χ0v) is 16.7. The maximum Gasteiger partial charge on any atom is 0.387 e. The third kappa shape index (κ3) is 7.59. The first-order valence-corrected chi connectivity index (χ1v) is 9.94. The molecule has 0 radical (unpaired) electrons. The van der Waals surface area contributed by atoms with Crippen LogP contribution in [0.1, 0.15) is 44.3 Å². The maximum absolute atomic E-state index is 12.2. The molecule has 1 aliphatic rings. The van der Waals surface area contributed by atoms with Crippen LogP contribution in [-0.4, -0.2) is 61.8 Å². The Kier molecular flexibility index (Phi) is 9.43. The number of alkyl halides is 2. The van der Waals surface area contributed by atoms with Crippen LogP contribution in [0.25, 0.3) is 0 Å². The molecule has 1 aromatic carbocycles. The van der Waals surface area contributed by atoms with Gasteiger partial charge in [0.1, 0.15) is 5.75 Å². The summed E-state index contributed by atoms with van der Waals surface area (Å²) in [5.41, 5.74) is 0.599. The number of nitrogens with zero attached hydrogens (tertiary/aromatic N) is 2. The van der Waals surface area contributed by atoms with E-state index in [0.717, 1.165) is 19.6 Å². The molecule has 0 heterocycles. The quantitative estimate of drug-likeness (QED) is 0.418. The van der Waals surface area contributed by atoms with Crippen molar-refractivity contribution in [1.29, 1.82) is 0 Å². The Labute approximate surface area is 166 Å². The van der Waals surface area contributed by atoms with Crippen LogP contribution in [0.3, 0.4) is 0 Å². The molecule has 1 aromatic rings. The van der Waals surface area contributed by atoms with Gasteiger partial charge in [0.2, 0.25) is 0 Å². The fourth-order valence-electron chi connectivity index (χ4n) is 3.37. The minimum atomic E-state index is -2.86. The number of aliphatic hydroxyl groups is 1. The molecule has 158 valence electrons. The molecule has 0 aromatic heterocycles. The molecule has 2 rings (SSSR count). The zero-order chi connectivity index (χ0) is 20.4. The summed E-state index contributed by atoms with van der Waals surface area (Å²) in [5, 5.41) is 16.8. The lowest BCUT2D eigenvalue weighted by atomic mass is 10.1. The second-order valence-electron chi connectivity index (χ2n) is 7.03. The number of halogens is 2. The van der Waals surface area contributed by atoms with Gasteiger partial charge in [-0.05, 0) is 44.5 Å². The predicted octanol–water partition coefficient (Wildman–Crippen LogP) is 2.75. The van der Waals surface area contributed by atoms with Gasteiger partial charge in [0.05, 0.1) is 12.6 Å². The molecule has 3 N–H and O–H groups in total. The third-order valence-electron chi connectivity index (χ3n) is 4.96. The van der Waals surface area contributed by atoms with Crippen LogP contribution in [0, 0.1) is 0 Å². The molecule has 1 fully saturated rings. The number of hydrogen-bond acceptors (Lipinski definition) is 4. The van der Waals surface area contributed by atoms with Crippen LogP contribution in [0.4, 0.5) is 8.78 Å². The van der Waals surface area contributed by atoms with Crippen molar-refractivity contribution in [2.75, 3.05) is 33.2 Å². The van der Waals surface area contributed by atoms with Gasteiger partial charge in [-0.15, -0.1) is 0 Å². The van der Waals surface area contributed by atoms with Gasteiger partial charge in [-0.2, -0.15) is 8.78 Å². The Morgan fingerprint density at radius 3 is 2.54 bits per heavy atom. The Balaban J connectivity index is 1.81. The first-order chi connectivity index (χ1) is 13.5. The van der Waals surface area contributed by atoms with Gasteiger partial charge in [0, 0.05) is 25.7 Å². The van der Waals surface area contributed by atoms with Crippen LogP contribution in [0.15, 0.2) is 29.3 Å². The van der Waals surface area contributed by atoms with E-state index in [1.54, 1.807) is 12.1 Å². The fourth-order valence-corrected chi connectivity index (χ4v) is 3.37. The van der Waals surface area contributed by atoms with E-state index in [9.17, 15) is 13.9 Å². The second-order valence-corrected chi connectivity index (χ2v) is 7.03. The fraction of sp³-hybridized carbons (Fsp3) is 0.650. The standard InChI is InChI=1S/C20H32F2N4O2/c1-3-23-20(24-12-13-26(2)16-6-4-5-7-16)25-14-18(27)15-8-10-17(11-9-15)28-19(21)22/h8-11,16,18-19,27H,3-7,12-14H2,1-2H3,(H2,23,24,25). The van der Waals surface area contributed by atoms with Gasteiger partial charge in [0.15, 0.2) is 5.96 Å². The summed E-state index contributed by atoms with van der Waals surface area (Å²) in [5.74, 6) is 0.717. The molecule has 1 saturated carbocycles. The number of benzene rings is 1. The smallest absolute Gasteiger partial charge is 0.387 e. The molecule has 6 nitrogen and oxygen atoms in total. The van der Waals surface area contributed by atoms with E-state index in [1.165, 1.54) is 37.8 Å². The maximum atomic E-state index is 12.2. The van der Waals surface area contributed by atoms with Crippen molar-refractivity contribution in [3.05, 3.63) is 29.8 Å². The highest BCUT2D eigenvalue weighted by atomic mass is 19.3. The molecule has 1 atom stereocenters. The Morgan fingerprint density at radius 1 is 1.25 bits per heavy atom. The topological polar surface area (TPSA) is 69.1 Å². The highest BCUT2D eigenvalue weighted by Crippen LogP contribution is 2.22. The number of likely N-dealkylation sites (N-methyl/N-ethyl adjacent to an activating group) is 1. The van der Waals surface area contributed by atoms with Crippen molar-refractivity contribution in [2.24, 2.45) is 4.99 Å². The highest BCUT2D eigenvalue weighted by molar-refractivity contribution is 5.79. The molecule has 0 amide bonds. The summed E-state index contributed by atoms with van der Waals surface area (Å²) in [6, 6.07) is 6.64. The van der Waals surface area contributed by atoms with Crippen molar-refractivity contribution in [1.82, 2.24) is 15.5 Å². The average molecular weight is 398 g/mol. The van der Waals surface area contributed by atoms with Gasteiger partial charge in [0.25, 0.3) is 0 Å². The predicted molar refractivity (Wildman–Crippen MR) is 107 cm³/mol. The lowest BCUT2D eigenvalue weighted by Crippen LogP contribution is -2.42. The number of aliphatic imine (C=N–C) groups is 1. The minimum absolute atomic E-state index is 0.0656. The van der Waals surface area contributed by atoms with Crippen LogP contribution < -0.4 is 15.4 Å². The highest BCUT2D eigenvalue weighted by Gasteiger charge is 2.18. The summed E-state index contributed by atoms with van der Waals surface area (Å²) < 4.78 is 28.7. The second kappa shape index (κ2) is 11.8. The number of rotatable bonds is 10. The molecule has 0 spiro atoms. The van der Waals surface area contributed by atoms with Crippen LogP contribution in [0.2, 0.25) is 0 Å². The Bertz CT molecular complexity index is 592. The Hall–Kier alpha value is -1.93. The van der Waals surface area contributed by atoms with Gasteiger partial charge in [-0.25, -0.2) is 0 Å². The largest absolute Gasteiger partial charge is 0.435 e. The summed E-state index contributed by atoms with van der Waals surface area (Å²) in [6.07, 6.45) is 4.37. The summed E-state index contributed by atoms with van der Waals surface area (Å²) >= 11 is 0. The molecule has 0 saturated heterocycles. The van der Waals surface area contributed by atoms with E-state index in [4.69, 9.17) is 0 Å². The molecule has 1 unspecified atom stereocenters. The first-order valence-electron chi connectivity index (χ1n) is 9.94. The molecule has 1 aliphatic carbocycles. The molecular weight excluding hydrogens is 366 g/mol. The van der Waals surface area contributed by atoms with Crippen LogP contribution in [-0.2, 0) is 0 Å². The van der Waals surface area contributed by atoms with Crippen molar-refractivity contribution in [3.63, 3.8) is 0 Å². The summed E-state index contributed by atoms with van der Waals surface area (Å²) in [7, 11) is 2.16. The lowest BCUT2D eigenvalue weighted by Gasteiger charge is -2.24.